The number of anilines is 2. The summed E-state index contributed by atoms with van der Waals surface area (Å²) in [7, 11) is 0. The number of nitrogens with two attached hydrogens (primary N) is 2. The Bertz CT molecular complexity index is 740. The minimum absolute atomic E-state index is 0.0129. The molecule has 1 amide bonds. The fourth-order valence-corrected chi connectivity index (χ4v) is 3.27. The molecule has 0 bridgehead atoms. The Morgan fingerprint density at radius 1 is 1.17 bits per heavy atom. The maximum absolute atomic E-state index is 12.3. The predicted molar refractivity (Wildman–Crippen MR) is 97.0 cm³/mol. The fourth-order valence-electron chi connectivity index (χ4n) is 1.91. The van der Waals surface area contributed by atoms with E-state index in [2.05, 4.69) is 20.3 Å². The van der Waals surface area contributed by atoms with Gasteiger partial charge in [0.05, 0.1) is 11.3 Å². The van der Waals surface area contributed by atoms with E-state index in [0.717, 1.165) is 17.3 Å². The number of nitrogens with one attached hydrogen (secondary N) is 1. The van der Waals surface area contributed by atoms with E-state index >= 15 is 0 Å². The fraction of sp³-hybridized carbons (Fsp3) is 0.286. The van der Waals surface area contributed by atoms with E-state index in [9.17, 15) is 4.79 Å². The van der Waals surface area contributed by atoms with Crippen molar-refractivity contribution < 1.29 is 4.79 Å². The Balaban J connectivity index is 2.02. The molecule has 2 atom stereocenters. The summed E-state index contributed by atoms with van der Waals surface area (Å²) in [6.45, 7) is 3.57. The summed E-state index contributed by atoms with van der Waals surface area (Å²) < 4.78 is 0. The number of nitrogen functional groups attached to an aromatic ring is 2. The van der Waals surface area contributed by atoms with Crippen molar-refractivity contribution in [2.24, 2.45) is 0 Å². The highest BCUT2D eigenvalue weighted by atomic mass is 35.5. The van der Waals surface area contributed by atoms with Crippen molar-refractivity contribution >= 4 is 52.8 Å². The molecule has 2 aromatic rings. The van der Waals surface area contributed by atoms with Crippen molar-refractivity contribution in [3.8, 4) is 0 Å². The lowest BCUT2D eigenvalue weighted by molar-refractivity contribution is -0.120. The first kappa shape index (κ1) is 18.6. The van der Waals surface area contributed by atoms with Crippen LogP contribution in [0.4, 0.5) is 11.9 Å². The zero-order chi connectivity index (χ0) is 17.9. The summed E-state index contributed by atoms with van der Waals surface area (Å²) in [5.41, 5.74) is 11.8. The smallest absolute Gasteiger partial charge is 0.233 e. The van der Waals surface area contributed by atoms with Gasteiger partial charge in [-0.2, -0.15) is 15.0 Å². The molecule has 0 aliphatic heterocycles. The van der Waals surface area contributed by atoms with Crippen molar-refractivity contribution in [1.82, 2.24) is 20.3 Å². The highest BCUT2D eigenvalue weighted by Crippen LogP contribution is 2.27. The molecular weight excluding hydrogens is 371 g/mol. The summed E-state index contributed by atoms with van der Waals surface area (Å²) >= 11 is 13.2. The van der Waals surface area contributed by atoms with Crippen molar-refractivity contribution in [2.45, 2.75) is 30.3 Å². The van der Waals surface area contributed by atoms with Crippen LogP contribution in [0.25, 0.3) is 0 Å². The third-order valence-electron chi connectivity index (χ3n) is 3.09. The van der Waals surface area contributed by atoms with Gasteiger partial charge >= 0.3 is 0 Å². The molecule has 128 valence electrons. The van der Waals surface area contributed by atoms with E-state index in [4.69, 9.17) is 34.7 Å². The number of rotatable bonds is 5. The SMILES string of the molecule is C[C@H](Sc1nc(N)nc(N)n1)C(=O)N[C@H](C)c1ccc(Cl)cc1Cl. The number of benzene rings is 1. The number of nitrogens with zero attached hydrogens (tertiary/aromatic N) is 3. The lowest BCUT2D eigenvalue weighted by Gasteiger charge is -2.18. The average Bonchev–Trinajstić information content (AvgIpc) is 2.45. The van der Waals surface area contributed by atoms with Crippen LogP contribution in [0.15, 0.2) is 23.4 Å². The monoisotopic (exact) mass is 386 g/mol. The number of aromatic nitrogens is 3. The minimum Gasteiger partial charge on any atom is -0.368 e. The highest BCUT2D eigenvalue weighted by Gasteiger charge is 2.20. The Hall–Kier alpha value is -1.77. The quantitative estimate of drug-likeness (QED) is 0.675. The Morgan fingerprint density at radius 3 is 2.38 bits per heavy atom. The third-order valence-corrected chi connectivity index (χ3v) is 4.61. The predicted octanol–water partition coefficient (Wildman–Crippen LogP) is 2.70. The molecule has 0 aliphatic carbocycles. The van der Waals surface area contributed by atoms with Crippen molar-refractivity contribution in [1.29, 1.82) is 0 Å². The summed E-state index contributed by atoms with van der Waals surface area (Å²) in [5.74, 6) is -0.172. The Morgan fingerprint density at radius 2 is 1.79 bits per heavy atom. The van der Waals surface area contributed by atoms with Gasteiger partial charge in [-0.05, 0) is 31.5 Å². The number of carbonyl (C=O) groups excluding carboxylic acids is 1. The van der Waals surface area contributed by atoms with Gasteiger partial charge in [-0.1, -0.05) is 41.0 Å². The van der Waals surface area contributed by atoms with E-state index < -0.39 is 5.25 Å². The summed E-state index contributed by atoms with van der Waals surface area (Å²) in [6, 6.07) is 4.86. The van der Waals surface area contributed by atoms with Crippen LogP contribution in [0.1, 0.15) is 25.5 Å². The molecule has 24 heavy (non-hydrogen) atoms. The third kappa shape index (κ3) is 4.86. The van der Waals surface area contributed by atoms with Gasteiger partial charge in [-0.3, -0.25) is 4.79 Å². The lowest BCUT2D eigenvalue weighted by Crippen LogP contribution is -2.33. The summed E-state index contributed by atoms with van der Waals surface area (Å²) in [4.78, 5) is 23.9. The first-order valence-corrected chi connectivity index (χ1v) is 8.59. The zero-order valence-corrected chi connectivity index (χ0v) is 15.3. The molecule has 0 aliphatic rings. The van der Waals surface area contributed by atoms with E-state index in [1.165, 1.54) is 0 Å². The largest absolute Gasteiger partial charge is 0.368 e. The van der Waals surface area contributed by atoms with E-state index in [1.54, 1.807) is 25.1 Å². The molecule has 5 N–H and O–H groups in total. The lowest BCUT2D eigenvalue weighted by atomic mass is 10.1. The highest BCUT2D eigenvalue weighted by molar-refractivity contribution is 8.00. The topological polar surface area (TPSA) is 120 Å². The molecule has 0 spiro atoms. The Labute approximate surface area is 153 Å². The van der Waals surface area contributed by atoms with Crippen LogP contribution in [-0.4, -0.2) is 26.1 Å². The maximum atomic E-state index is 12.3. The summed E-state index contributed by atoms with van der Waals surface area (Å²) in [5, 5.41) is 3.75. The molecule has 10 heteroatoms. The summed E-state index contributed by atoms with van der Waals surface area (Å²) in [6.07, 6.45) is 0. The van der Waals surface area contributed by atoms with E-state index in [1.807, 2.05) is 6.92 Å². The van der Waals surface area contributed by atoms with Gasteiger partial charge in [0.1, 0.15) is 0 Å². The number of thioether (sulfide) groups is 1. The van der Waals surface area contributed by atoms with E-state index in [0.29, 0.717) is 15.2 Å². The molecule has 1 aromatic carbocycles. The molecule has 0 saturated heterocycles. The Kier molecular flexibility index (Phi) is 6.09. The van der Waals surface area contributed by atoms with Crippen LogP contribution in [0, 0.1) is 0 Å². The van der Waals surface area contributed by atoms with Gasteiger partial charge in [-0.25, -0.2) is 0 Å². The van der Waals surface area contributed by atoms with Crippen LogP contribution in [0.2, 0.25) is 10.0 Å². The first-order valence-electron chi connectivity index (χ1n) is 6.95. The molecular formula is C14H16Cl2N6OS. The van der Waals surface area contributed by atoms with Crippen LogP contribution in [0.3, 0.4) is 0 Å². The number of halogens is 2. The van der Waals surface area contributed by atoms with Gasteiger partial charge in [-0.15, -0.1) is 0 Å². The van der Waals surface area contributed by atoms with Gasteiger partial charge < -0.3 is 16.8 Å². The zero-order valence-electron chi connectivity index (χ0n) is 13.0. The van der Waals surface area contributed by atoms with Crippen molar-refractivity contribution in [2.75, 3.05) is 11.5 Å². The standard InChI is InChI=1S/C14H16Cl2N6OS/c1-6(9-4-3-8(15)5-10(9)16)19-11(23)7(2)24-14-21-12(17)20-13(18)22-14/h3-7H,1-2H3,(H,19,23)(H4,17,18,20,21,22)/t6-,7+/m1/s1. The second kappa shape index (κ2) is 7.87. The molecule has 0 radical (unpaired) electrons. The maximum Gasteiger partial charge on any atom is 0.233 e. The number of carbonyl (C=O) groups is 1. The molecule has 1 aromatic heterocycles. The molecule has 2 rings (SSSR count). The van der Waals surface area contributed by atoms with Gasteiger partial charge in [0.2, 0.25) is 17.8 Å². The second-order valence-corrected chi connectivity index (χ2v) is 7.14. The normalized spacial score (nSPS) is 13.3. The van der Waals surface area contributed by atoms with Crippen LogP contribution in [-0.2, 0) is 4.79 Å². The molecule has 1 heterocycles. The molecule has 7 nitrogen and oxygen atoms in total. The van der Waals surface area contributed by atoms with Gasteiger partial charge in [0, 0.05) is 10.0 Å². The number of amides is 1. The number of hydrogen-bond donors (Lipinski definition) is 3. The molecule has 0 fully saturated rings. The van der Waals surface area contributed by atoms with Crippen LogP contribution < -0.4 is 16.8 Å². The van der Waals surface area contributed by atoms with Crippen molar-refractivity contribution in [3.05, 3.63) is 33.8 Å². The van der Waals surface area contributed by atoms with Crippen LogP contribution in [0.5, 0.6) is 0 Å². The minimum atomic E-state index is -0.459. The van der Waals surface area contributed by atoms with Crippen LogP contribution >= 0.6 is 35.0 Å². The second-order valence-electron chi connectivity index (χ2n) is 4.99. The molecule has 0 saturated carbocycles. The first-order chi connectivity index (χ1) is 11.3. The average molecular weight is 387 g/mol. The molecule has 0 unspecified atom stereocenters. The van der Waals surface area contributed by atoms with Gasteiger partial charge in [0.15, 0.2) is 5.16 Å². The number of hydrogen-bond acceptors (Lipinski definition) is 7. The van der Waals surface area contributed by atoms with E-state index in [-0.39, 0.29) is 23.8 Å². The van der Waals surface area contributed by atoms with Gasteiger partial charge in [0.25, 0.3) is 0 Å². The van der Waals surface area contributed by atoms with Crippen molar-refractivity contribution in [3.63, 3.8) is 0 Å².